The molecule has 2 N–H and O–H groups in total. The number of aromatic nitrogens is 2. The van der Waals surface area contributed by atoms with Crippen LogP contribution in [0.15, 0.2) is 85.2 Å². The maximum Gasteiger partial charge on any atom is 0.335 e. The second-order valence-corrected chi connectivity index (χ2v) is 7.47. The van der Waals surface area contributed by atoms with Crippen molar-refractivity contribution >= 4 is 36.2 Å². The number of nitrogens with zero attached hydrogens (tertiary/aromatic N) is 2. The summed E-state index contributed by atoms with van der Waals surface area (Å²) in [4.78, 5) is 30.8. The fourth-order valence-electron chi connectivity index (χ4n) is 3.24. The number of hydrogen-bond donors (Lipinski definition) is 2. The van der Waals surface area contributed by atoms with E-state index in [-0.39, 0.29) is 11.1 Å². The highest BCUT2D eigenvalue weighted by molar-refractivity contribution is 5.88. The number of benzene rings is 2. The molecule has 0 aliphatic heterocycles. The molecule has 6 nitrogen and oxygen atoms in total. The molecule has 34 heavy (non-hydrogen) atoms. The molecule has 2 aromatic heterocycles. The minimum Gasteiger partial charge on any atom is -0.478 e. The third kappa shape index (κ3) is 5.69. The number of pyridine rings is 2. The van der Waals surface area contributed by atoms with Crippen molar-refractivity contribution in [1.82, 2.24) is 9.97 Å². The van der Waals surface area contributed by atoms with Crippen molar-refractivity contribution in [3.8, 4) is 11.4 Å². The lowest BCUT2D eigenvalue weighted by atomic mass is 10.1. The molecule has 0 aliphatic rings. The predicted molar refractivity (Wildman–Crippen MR) is 132 cm³/mol. The molecule has 6 heteroatoms. The lowest BCUT2D eigenvalue weighted by Crippen LogP contribution is -1.94. The van der Waals surface area contributed by atoms with Crippen LogP contribution in [-0.4, -0.2) is 32.1 Å². The monoisotopic (exact) mass is 448 g/mol. The molecule has 4 aromatic rings. The van der Waals surface area contributed by atoms with Gasteiger partial charge in [0.05, 0.1) is 22.5 Å². The van der Waals surface area contributed by atoms with Crippen LogP contribution < -0.4 is 0 Å². The normalized spacial score (nSPS) is 11.2. The highest BCUT2D eigenvalue weighted by Gasteiger charge is 2.04. The molecule has 4 rings (SSSR count). The standard InChI is InChI=1S/C28H20N2O4/c31-27(32)23-9-5-19(6-10-23)1-3-21-13-15-29-25(17-21)26-18-22(14-16-30-26)4-2-20-7-11-24(12-8-20)28(33)34/h1-18H,(H,31,32)(H,33,34). The van der Waals surface area contributed by atoms with Crippen LogP contribution in [-0.2, 0) is 0 Å². The molecule has 0 atom stereocenters. The van der Waals surface area contributed by atoms with Crippen molar-refractivity contribution in [2.45, 2.75) is 0 Å². The van der Waals surface area contributed by atoms with Gasteiger partial charge in [0.1, 0.15) is 0 Å². The third-order valence-electron chi connectivity index (χ3n) is 5.08. The van der Waals surface area contributed by atoms with Crippen molar-refractivity contribution in [3.05, 3.63) is 119 Å². The van der Waals surface area contributed by atoms with Crippen molar-refractivity contribution in [1.29, 1.82) is 0 Å². The van der Waals surface area contributed by atoms with Crippen LogP contribution in [0.3, 0.4) is 0 Å². The van der Waals surface area contributed by atoms with Crippen molar-refractivity contribution in [2.24, 2.45) is 0 Å². The van der Waals surface area contributed by atoms with Gasteiger partial charge in [-0.2, -0.15) is 0 Å². The van der Waals surface area contributed by atoms with Crippen LogP contribution >= 0.6 is 0 Å². The van der Waals surface area contributed by atoms with Gasteiger partial charge < -0.3 is 10.2 Å². The first-order chi connectivity index (χ1) is 16.5. The average molecular weight is 448 g/mol. The Hall–Kier alpha value is -4.84. The van der Waals surface area contributed by atoms with Gasteiger partial charge in [0.25, 0.3) is 0 Å². The maximum absolute atomic E-state index is 11.0. The Labute approximate surface area is 196 Å². The molecule has 0 saturated carbocycles. The second-order valence-electron chi connectivity index (χ2n) is 7.47. The summed E-state index contributed by atoms with van der Waals surface area (Å²) in [6, 6.07) is 21.0. The van der Waals surface area contributed by atoms with Crippen LogP contribution in [0.1, 0.15) is 43.0 Å². The Morgan fingerprint density at radius 1 is 0.529 bits per heavy atom. The number of rotatable bonds is 7. The highest BCUT2D eigenvalue weighted by atomic mass is 16.4. The molecule has 2 aromatic carbocycles. The first kappa shape index (κ1) is 22.4. The molecule has 0 aliphatic carbocycles. The molecule has 0 amide bonds. The Morgan fingerprint density at radius 3 is 1.24 bits per heavy atom. The molecule has 2 heterocycles. The highest BCUT2D eigenvalue weighted by Crippen LogP contribution is 2.19. The first-order valence-corrected chi connectivity index (χ1v) is 10.4. The smallest absolute Gasteiger partial charge is 0.335 e. The molecule has 0 saturated heterocycles. The van der Waals surface area contributed by atoms with Gasteiger partial charge in [0.15, 0.2) is 0 Å². The Balaban J connectivity index is 1.50. The van der Waals surface area contributed by atoms with E-state index >= 15 is 0 Å². The van der Waals surface area contributed by atoms with Gasteiger partial charge in [0.2, 0.25) is 0 Å². The van der Waals surface area contributed by atoms with E-state index in [1.165, 1.54) is 0 Å². The molecule has 0 radical (unpaired) electrons. The minimum absolute atomic E-state index is 0.251. The van der Waals surface area contributed by atoms with Gasteiger partial charge in [0, 0.05) is 12.4 Å². The second kappa shape index (κ2) is 10.2. The van der Waals surface area contributed by atoms with Crippen molar-refractivity contribution in [2.75, 3.05) is 0 Å². The predicted octanol–water partition coefficient (Wildman–Crippen LogP) is 5.88. The van der Waals surface area contributed by atoms with Gasteiger partial charge in [-0.25, -0.2) is 9.59 Å². The van der Waals surface area contributed by atoms with Crippen LogP contribution in [0.2, 0.25) is 0 Å². The van der Waals surface area contributed by atoms with Crippen molar-refractivity contribution in [3.63, 3.8) is 0 Å². The lowest BCUT2D eigenvalue weighted by Gasteiger charge is -2.03. The molecule has 0 bridgehead atoms. The largest absolute Gasteiger partial charge is 0.478 e. The van der Waals surface area contributed by atoms with E-state index in [0.29, 0.717) is 0 Å². The number of carboxylic acids is 2. The van der Waals surface area contributed by atoms with E-state index < -0.39 is 11.9 Å². The Morgan fingerprint density at radius 2 is 0.882 bits per heavy atom. The van der Waals surface area contributed by atoms with Gasteiger partial charge in [-0.15, -0.1) is 0 Å². The van der Waals surface area contributed by atoms with E-state index in [0.717, 1.165) is 33.6 Å². The number of aromatic carboxylic acids is 2. The molecular weight excluding hydrogens is 428 g/mol. The van der Waals surface area contributed by atoms with Crippen LogP contribution in [0.25, 0.3) is 35.7 Å². The van der Waals surface area contributed by atoms with Crippen LogP contribution in [0.4, 0.5) is 0 Å². The summed E-state index contributed by atoms with van der Waals surface area (Å²) in [5.74, 6) is -1.90. The van der Waals surface area contributed by atoms with Gasteiger partial charge in [-0.1, -0.05) is 48.6 Å². The van der Waals surface area contributed by atoms with E-state index in [2.05, 4.69) is 9.97 Å². The zero-order valence-corrected chi connectivity index (χ0v) is 18.0. The summed E-state index contributed by atoms with van der Waals surface area (Å²) in [5.41, 5.74) is 5.62. The number of carbonyl (C=O) groups is 2. The third-order valence-corrected chi connectivity index (χ3v) is 5.08. The summed E-state index contributed by atoms with van der Waals surface area (Å²) in [5, 5.41) is 18.0. The SMILES string of the molecule is O=C(O)c1ccc(C=Cc2ccnc(-c3cc(C=Cc4ccc(C(=O)O)cc4)ccn3)c2)cc1. The lowest BCUT2D eigenvalue weighted by molar-refractivity contribution is 0.0686. The summed E-state index contributed by atoms with van der Waals surface area (Å²) in [6.07, 6.45) is 11.1. The Bertz CT molecular complexity index is 1280. The summed E-state index contributed by atoms with van der Waals surface area (Å²) in [6.45, 7) is 0. The zero-order chi connectivity index (χ0) is 23.9. The molecular formula is C28H20N2O4. The number of carboxylic acid groups (broad SMARTS) is 2. The van der Waals surface area contributed by atoms with E-state index in [9.17, 15) is 9.59 Å². The maximum atomic E-state index is 11.0. The minimum atomic E-state index is -0.949. The summed E-state index contributed by atoms with van der Waals surface area (Å²) in [7, 11) is 0. The number of hydrogen-bond acceptors (Lipinski definition) is 4. The summed E-state index contributed by atoms with van der Waals surface area (Å²) < 4.78 is 0. The van der Waals surface area contributed by atoms with Crippen LogP contribution in [0.5, 0.6) is 0 Å². The van der Waals surface area contributed by atoms with E-state index in [1.807, 2.05) is 48.6 Å². The topological polar surface area (TPSA) is 100 Å². The fourth-order valence-corrected chi connectivity index (χ4v) is 3.24. The van der Waals surface area contributed by atoms with Crippen LogP contribution in [0, 0.1) is 0 Å². The van der Waals surface area contributed by atoms with Gasteiger partial charge >= 0.3 is 11.9 Å². The first-order valence-electron chi connectivity index (χ1n) is 10.4. The fraction of sp³-hybridized carbons (Fsp3) is 0. The van der Waals surface area contributed by atoms with E-state index in [1.54, 1.807) is 60.9 Å². The molecule has 0 fully saturated rings. The molecule has 0 unspecified atom stereocenters. The van der Waals surface area contributed by atoms with Gasteiger partial charge in [-0.05, 0) is 70.8 Å². The molecule has 166 valence electrons. The quantitative estimate of drug-likeness (QED) is 0.366. The average Bonchev–Trinajstić information content (AvgIpc) is 2.87. The molecule has 0 spiro atoms. The summed E-state index contributed by atoms with van der Waals surface area (Å²) >= 11 is 0. The van der Waals surface area contributed by atoms with Crippen molar-refractivity contribution < 1.29 is 19.8 Å². The Kier molecular flexibility index (Phi) is 6.70. The zero-order valence-electron chi connectivity index (χ0n) is 18.0. The van der Waals surface area contributed by atoms with E-state index in [4.69, 9.17) is 10.2 Å². The van der Waals surface area contributed by atoms with Gasteiger partial charge in [-0.3, -0.25) is 9.97 Å².